The second-order valence-electron chi connectivity index (χ2n) is 7.49. The molecule has 5 nitrogen and oxygen atoms in total. The van der Waals surface area contributed by atoms with E-state index in [-0.39, 0.29) is 11.6 Å². The van der Waals surface area contributed by atoms with Crippen molar-refractivity contribution in [1.29, 1.82) is 0 Å². The van der Waals surface area contributed by atoms with Gasteiger partial charge >= 0.3 is 0 Å². The Hall–Kier alpha value is -4.00. The standard InChI is InChI=1S/C24H16F2N4O/c25-16-10-8-14(9-11-16)22-20-21(29-24-27-13-28-30(22)24)18-6-1-2-7-19(18)31-23(20)15-4-3-5-17(26)12-15/h1-13,22-23H,(H,27,28,29)/t22-,23-/m0/s1. The number of fused-ring (bicyclic) bond motifs is 3. The number of ether oxygens (including phenoxy) is 1. The van der Waals surface area contributed by atoms with Crippen LogP contribution in [0.3, 0.4) is 0 Å². The molecule has 0 amide bonds. The molecule has 0 aliphatic carbocycles. The first-order valence-electron chi connectivity index (χ1n) is 9.86. The van der Waals surface area contributed by atoms with Gasteiger partial charge in [0.05, 0.1) is 5.70 Å². The van der Waals surface area contributed by atoms with Crippen molar-refractivity contribution < 1.29 is 13.5 Å². The zero-order chi connectivity index (χ0) is 20.9. The fourth-order valence-electron chi connectivity index (χ4n) is 4.33. The van der Waals surface area contributed by atoms with E-state index in [0.29, 0.717) is 17.3 Å². The van der Waals surface area contributed by atoms with Crippen LogP contribution in [0.15, 0.2) is 84.7 Å². The van der Waals surface area contributed by atoms with Crippen LogP contribution in [-0.4, -0.2) is 14.8 Å². The van der Waals surface area contributed by atoms with Crippen molar-refractivity contribution in [2.45, 2.75) is 12.1 Å². The number of hydrogen-bond donors (Lipinski definition) is 1. The summed E-state index contributed by atoms with van der Waals surface area (Å²) in [5, 5.41) is 7.80. The van der Waals surface area contributed by atoms with Gasteiger partial charge in [-0.1, -0.05) is 36.4 Å². The number of halogens is 2. The molecule has 31 heavy (non-hydrogen) atoms. The lowest BCUT2D eigenvalue weighted by atomic mass is 9.84. The molecule has 3 aromatic carbocycles. The molecule has 2 aliphatic heterocycles. The van der Waals surface area contributed by atoms with Gasteiger partial charge in [-0.15, -0.1) is 0 Å². The third kappa shape index (κ3) is 2.81. The summed E-state index contributed by atoms with van der Waals surface area (Å²) < 4.78 is 36.0. The van der Waals surface area contributed by atoms with Gasteiger partial charge in [0.15, 0.2) is 0 Å². The average molecular weight is 414 g/mol. The Labute approximate surface area is 176 Å². The SMILES string of the molecule is Fc1ccc([C@H]2C3=C(Nc4ncnn42)c2ccccc2O[C@H]3c2cccc(F)c2)cc1. The summed E-state index contributed by atoms with van der Waals surface area (Å²) in [6.45, 7) is 0. The Balaban J connectivity index is 1.63. The molecule has 0 spiro atoms. The van der Waals surface area contributed by atoms with Gasteiger partial charge in [-0.3, -0.25) is 0 Å². The van der Waals surface area contributed by atoms with Crippen LogP contribution in [0.5, 0.6) is 5.75 Å². The molecule has 7 heteroatoms. The lowest BCUT2D eigenvalue weighted by Crippen LogP contribution is -2.32. The number of rotatable bonds is 2. The minimum atomic E-state index is -0.569. The van der Waals surface area contributed by atoms with E-state index in [1.54, 1.807) is 22.9 Å². The number of para-hydroxylation sites is 1. The van der Waals surface area contributed by atoms with Crippen molar-refractivity contribution in [3.05, 3.63) is 113 Å². The summed E-state index contributed by atoms with van der Waals surface area (Å²) in [6.07, 6.45) is 0.904. The van der Waals surface area contributed by atoms with Crippen LogP contribution < -0.4 is 10.1 Å². The summed E-state index contributed by atoms with van der Waals surface area (Å²) in [6, 6.07) is 20.0. The number of benzene rings is 3. The number of nitrogens with one attached hydrogen (secondary N) is 1. The Bertz CT molecular complexity index is 1330. The summed E-state index contributed by atoms with van der Waals surface area (Å²) in [7, 11) is 0. The molecule has 0 radical (unpaired) electrons. The molecular weight excluding hydrogens is 398 g/mol. The first-order chi connectivity index (χ1) is 15.2. The molecule has 4 aromatic rings. The monoisotopic (exact) mass is 414 g/mol. The zero-order valence-corrected chi connectivity index (χ0v) is 16.2. The van der Waals surface area contributed by atoms with Crippen LogP contribution in [0, 0.1) is 11.6 Å². The van der Waals surface area contributed by atoms with Crippen LogP contribution in [0.4, 0.5) is 14.7 Å². The van der Waals surface area contributed by atoms with Gasteiger partial charge in [-0.2, -0.15) is 10.1 Å². The maximum absolute atomic E-state index is 14.1. The highest BCUT2D eigenvalue weighted by Crippen LogP contribution is 2.50. The van der Waals surface area contributed by atoms with Gasteiger partial charge in [0.25, 0.3) is 0 Å². The molecule has 0 saturated heterocycles. The molecule has 0 bridgehead atoms. The van der Waals surface area contributed by atoms with Crippen LogP contribution in [0.1, 0.15) is 28.8 Å². The van der Waals surface area contributed by atoms with E-state index in [1.807, 2.05) is 30.3 Å². The molecule has 2 aliphatic rings. The number of aromatic nitrogens is 3. The Morgan fingerprint density at radius 3 is 2.55 bits per heavy atom. The van der Waals surface area contributed by atoms with Crippen molar-refractivity contribution in [2.24, 2.45) is 0 Å². The summed E-state index contributed by atoms with van der Waals surface area (Å²) in [5.74, 6) is 0.597. The van der Waals surface area contributed by atoms with E-state index in [1.165, 1.54) is 30.6 Å². The van der Waals surface area contributed by atoms with Crippen LogP contribution in [0.25, 0.3) is 5.70 Å². The van der Waals surface area contributed by atoms with Crippen LogP contribution in [0.2, 0.25) is 0 Å². The second kappa shape index (κ2) is 6.77. The van der Waals surface area contributed by atoms with Gasteiger partial charge in [-0.25, -0.2) is 13.5 Å². The summed E-state index contributed by atoms with van der Waals surface area (Å²) in [5.41, 5.74) is 4.08. The van der Waals surface area contributed by atoms with E-state index in [2.05, 4.69) is 15.4 Å². The molecule has 2 atom stereocenters. The van der Waals surface area contributed by atoms with Crippen molar-refractivity contribution in [3.63, 3.8) is 0 Å². The Kier molecular flexibility index (Phi) is 3.89. The predicted octanol–water partition coefficient (Wildman–Crippen LogP) is 5.12. The van der Waals surface area contributed by atoms with E-state index >= 15 is 0 Å². The van der Waals surface area contributed by atoms with Crippen LogP contribution in [-0.2, 0) is 0 Å². The van der Waals surface area contributed by atoms with Gasteiger partial charge < -0.3 is 10.1 Å². The summed E-state index contributed by atoms with van der Waals surface area (Å²) >= 11 is 0. The predicted molar refractivity (Wildman–Crippen MR) is 111 cm³/mol. The Morgan fingerprint density at radius 2 is 1.71 bits per heavy atom. The van der Waals surface area contributed by atoms with Gasteiger partial charge in [0, 0.05) is 11.1 Å². The fourth-order valence-corrected chi connectivity index (χ4v) is 4.33. The Morgan fingerprint density at radius 1 is 0.871 bits per heavy atom. The van der Waals surface area contributed by atoms with E-state index < -0.39 is 12.1 Å². The molecule has 1 N–H and O–H groups in total. The molecule has 6 rings (SSSR count). The zero-order valence-electron chi connectivity index (χ0n) is 16.2. The van der Waals surface area contributed by atoms with Gasteiger partial charge in [0.2, 0.25) is 5.95 Å². The van der Waals surface area contributed by atoms with E-state index in [0.717, 1.165) is 22.4 Å². The summed E-state index contributed by atoms with van der Waals surface area (Å²) in [4.78, 5) is 4.36. The molecule has 152 valence electrons. The fraction of sp³-hybridized carbons (Fsp3) is 0.0833. The molecule has 1 aromatic heterocycles. The second-order valence-corrected chi connectivity index (χ2v) is 7.49. The molecule has 0 saturated carbocycles. The lowest BCUT2D eigenvalue weighted by Gasteiger charge is -2.39. The smallest absolute Gasteiger partial charge is 0.226 e. The number of nitrogens with zero attached hydrogens (tertiary/aromatic N) is 3. The van der Waals surface area contributed by atoms with Gasteiger partial charge in [0.1, 0.15) is 35.9 Å². The number of anilines is 1. The quantitative estimate of drug-likeness (QED) is 0.495. The third-order valence-electron chi connectivity index (χ3n) is 5.66. The number of hydrogen-bond acceptors (Lipinski definition) is 4. The maximum atomic E-state index is 14.1. The molecule has 0 unspecified atom stereocenters. The van der Waals surface area contributed by atoms with Crippen molar-refractivity contribution in [3.8, 4) is 5.75 Å². The largest absolute Gasteiger partial charge is 0.480 e. The minimum Gasteiger partial charge on any atom is -0.480 e. The van der Waals surface area contributed by atoms with Gasteiger partial charge in [-0.05, 0) is 47.5 Å². The first-order valence-corrected chi connectivity index (χ1v) is 9.86. The van der Waals surface area contributed by atoms with Crippen LogP contribution >= 0.6 is 0 Å². The van der Waals surface area contributed by atoms with E-state index in [9.17, 15) is 8.78 Å². The molecule has 0 fully saturated rings. The highest BCUT2D eigenvalue weighted by molar-refractivity contribution is 5.85. The van der Waals surface area contributed by atoms with Crippen molar-refractivity contribution in [1.82, 2.24) is 14.8 Å². The minimum absolute atomic E-state index is 0.322. The maximum Gasteiger partial charge on any atom is 0.226 e. The normalized spacial score (nSPS) is 19.0. The highest BCUT2D eigenvalue weighted by Gasteiger charge is 2.40. The molecular formula is C24H16F2N4O. The molecule has 3 heterocycles. The third-order valence-corrected chi connectivity index (χ3v) is 5.66. The lowest BCUT2D eigenvalue weighted by molar-refractivity contribution is 0.222. The average Bonchev–Trinajstić information content (AvgIpc) is 3.26. The highest BCUT2D eigenvalue weighted by atomic mass is 19.1. The van der Waals surface area contributed by atoms with Crippen molar-refractivity contribution >= 4 is 11.6 Å². The first kappa shape index (κ1) is 17.8. The topological polar surface area (TPSA) is 52.0 Å². The van der Waals surface area contributed by atoms with E-state index in [4.69, 9.17) is 4.74 Å². The van der Waals surface area contributed by atoms with Crippen molar-refractivity contribution in [2.75, 3.05) is 5.32 Å².